The Balaban J connectivity index is 1.66. The fourth-order valence-electron chi connectivity index (χ4n) is 2.69. The summed E-state index contributed by atoms with van der Waals surface area (Å²) >= 11 is 2.29. The minimum absolute atomic E-state index is 0.277. The highest BCUT2D eigenvalue weighted by atomic mass is 127. The third kappa shape index (κ3) is 3.70. The van der Waals surface area contributed by atoms with E-state index in [2.05, 4.69) is 60.3 Å². The summed E-state index contributed by atoms with van der Waals surface area (Å²) in [5.74, 6) is 1.34. The van der Waals surface area contributed by atoms with Crippen molar-refractivity contribution in [3.05, 3.63) is 48.2 Å². The summed E-state index contributed by atoms with van der Waals surface area (Å²) in [4.78, 5) is 9.15. The van der Waals surface area contributed by atoms with Gasteiger partial charge < -0.3 is 10.1 Å². The molecule has 0 saturated heterocycles. The van der Waals surface area contributed by atoms with Crippen molar-refractivity contribution in [1.29, 1.82) is 0 Å². The number of halogens is 1. The molecule has 0 saturated carbocycles. The Kier molecular flexibility index (Phi) is 4.88. The van der Waals surface area contributed by atoms with Gasteiger partial charge in [0.05, 0.1) is 20.8 Å². The van der Waals surface area contributed by atoms with E-state index in [1.807, 2.05) is 42.5 Å². The van der Waals surface area contributed by atoms with E-state index in [0.717, 1.165) is 22.5 Å². The molecule has 10 heteroatoms. The van der Waals surface area contributed by atoms with E-state index in [9.17, 15) is 0 Å². The number of imidazole rings is 1. The third-order valence-corrected chi connectivity index (χ3v) is 4.14. The normalized spacial score (nSPS) is 12.3. The van der Waals surface area contributed by atoms with Crippen LogP contribution in [-0.2, 0) is 13.7 Å². The van der Waals surface area contributed by atoms with Gasteiger partial charge >= 0.3 is 6.01 Å². The maximum Gasteiger partial charge on any atom is 0.305 e. The summed E-state index contributed by atoms with van der Waals surface area (Å²) in [6.45, 7) is 2.34. The Morgan fingerprint density at radius 3 is 2.78 bits per heavy atom. The molecular weight excluding hydrogens is 459 g/mol. The number of hydrogen-bond donors (Lipinski definition) is 1. The number of aryl methyl sites for hydroxylation is 1. The predicted molar refractivity (Wildman–Crippen MR) is 109 cm³/mol. The molecule has 0 radical (unpaired) electrons. The molecule has 0 spiro atoms. The van der Waals surface area contributed by atoms with E-state index >= 15 is 0 Å². The van der Waals surface area contributed by atoms with Crippen molar-refractivity contribution in [2.24, 2.45) is 7.05 Å². The summed E-state index contributed by atoms with van der Waals surface area (Å²) in [6, 6.07) is 14.0. The molecule has 3 aromatic heterocycles. The molecule has 9 nitrogen and oxygen atoms in total. The number of hydrogen-bond acceptors (Lipinski definition) is 7. The second-order valence-electron chi connectivity index (χ2n) is 5.88. The van der Waals surface area contributed by atoms with Crippen LogP contribution >= 0.6 is 22.6 Å². The molecular formula is C17H17IN8O. The summed E-state index contributed by atoms with van der Waals surface area (Å²) in [6.07, 6.45) is 0. The summed E-state index contributed by atoms with van der Waals surface area (Å²) in [7, 11) is 1.77. The minimum Gasteiger partial charge on any atom is -0.458 e. The van der Waals surface area contributed by atoms with Crippen LogP contribution in [0.1, 0.15) is 12.6 Å². The van der Waals surface area contributed by atoms with Gasteiger partial charge in [-0.15, -0.1) is 0 Å². The van der Waals surface area contributed by atoms with Crippen molar-refractivity contribution in [2.75, 3.05) is 5.32 Å². The van der Waals surface area contributed by atoms with Gasteiger partial charge in [0.15, 0.2) is 0 Å². The van der Waals surface area contributed by atoms with Crippen LogP contribution in [0.15, 0.2) is 42.5 Å². The molecule has 1 atom stereocenters. The van der Waals surface area contributed by atoms with E-state index in [-0.39, 0.29) is 10.7 Å². The van der Waals surface area contributed by atoms with Gasteiger partial charge in [0.25, 0.3) is 5.95 Å². The number of nitrogens with one attached hydrogen (secondary N) is 1. The third-order valence-electron chi connectivity index (χ3n) is 3.83. The van der Waals surface area contributed by atoms with Gasteiger partial charge in [0, 0.05) is 7.05 Å². The van der Waals surface area contributed by atoms with Gasteiger partial charge in [0.2, 0.25) is 0 Å². The van der Waals surface area contributed by atoms with Crippen molar-refractivity contribution in [1.82, 2.24) is 34.7 Å². The molecule has 0 aliphatic carbocycles. The second-order valence-corrected chi connectivity index (χ2v) is 7.75. The van der Waals surface area contributed by atoms with Gasteiger partial charge in [-0.1, -0.05) is 45.9 Å². The molecule has 0 fully saturated rings. The zero-order chi connectivity index (χ0) is 18.8. The highest BCUT2D eigenvalue weighted by Crippen LogP contribution is 2.25. The molecule has 0 bridgehead atoms. The Morgan fingerprint density at radius 1 is 1.15 bits per heavy atom. The molecule has 27 heavy (non-hydrogen) atoms. The molecule has 1 unspecified atom stereocenters. The predicted octanol–water partition coefficient (Wildman–Crippen LogP) is 2.72. The Morgan fingerprint density at radius 2 is 2.00 bits per heavy atom. The largest absolute Gasteiger partial charge is 0.458 e. The van der Waals surface area contributed by atoms with E-state index in [4.69, 9.17) is 4.74 Å². The zero-order valence-corrected chi connectivity index (χ0v) is 16.9. The number of rotatable bonds is 6. The van der Waals surface area contributed by atoms with Crippen LogP contribution < -0.4 is 10.1 Å². The first-order valence-electron chi connectivity index (χ1n) is 8.31. The lowest BCUT2D eigenvalue weighted by molar-refractivity contribution is 0.272. The van der Waals surface area contributed by atoms with Gasteiger partial charge in [0.1, 0.15) is 12.4 Å². The topological polar surface area (TPSA) is 95.6 Å². The second kappa shape index (κ2) is 7.47. The van der Waals surface area contributed by atoms with Crippen LogP contribution in [-0.4, -0.2) is 38.8 Å². The summed E-state index contributed by atoms with van der Waals surface area (Å²) < 4.78 is 9.65. The van der Waals surface area contributed by atoms with Crippen LogP contribution in [0.4, 0.5) is 5.82 Å². The van der Waals surface area contributed by atoms with Gasteiger partial charge in [-0.2, -0.15) is 4.98 Å². The number of aromatic nitrogens is 7. The maximum atomic E-state index is 6.00. The van der Waals surface area contributed by atoms with E-state index in [1.54, 1.807) is 16.3 Å². The van der Waals surface area contributed by atoms with E-state index < -0.39 is 0 Å². The van der Waals surface area contributed by atoms with Gasteiger partial charge in [-0.25, -0.2) is 14.2 Å². The average Bonchev–Trinajstić information content (AvgIpc) is 3.22. The lowest BCUT2D eigenvalue weighted by Gasteiger charge is -2.10. The first-order chi connectivity index (χ1) is 13.1. The number of fused-ring (bicyclic) bond motifs is 1. The summed E-state index contributed by atoms with van der Waals surface area (Å²) in [5, 5.41) is 15.0. The number of alkyl halides is 1. The van der Waals surface area contributed by atoms with E-state index in [0.29, 0.717) is 12.0 Å². The highest BCUT2D eigenvalue weighted by molar-refractivity contribution is 14.1. The lowest BCUT2D eigenvalue weighted by Crippen LogP contribution is -2.10. The molecule has 4 rings (SSSR count). The van der Waals surface area contributed by atoms with Gasteiger partial charge in [-0.3, -0.25) is 0 Å². The number of nitrogens with zero attached hydrogens (tertiary/aromatic N) is 7. The lowest BCUT2D eigenvalue weighted by atomic mass is 10.3. The fourth-order valence-corrected chi connectivity index (χ4v) is 3.01. The number of anilines is 1. The molecule has 0 amide bonds. The molecule has 4 aromatic rings. The molecule has 138 valence electrons. The summed E-state index contributed by atoms with van der Waals surface area (Å²) in [5.41, 5.74) is 2.47. The fraction of sp³-hybridized carbons (Fsp3) is 0.235. The van der Waals surface area contributed by atoms with Crippen molar-refractivity contribution < 1.29 is 4.74 Å². The number of ether oxygens (including phenoxy) is 1. The number of benzene rings is 1. The van der Waals surface area contributed by atoms with Gasteiger partial charge in [-0.05, 0) is 41.6 Å². The Bertz CT molecular complexity index is 1070. The maximum absolute atomic E-state index is 6.00. The SMILES string of the molecule is CC(I)Nc1cccc(COc2nc3ccccc3n2-c2nnnn2C)n1. The number of tetrazole rings is 1. The van der Waals surface area contributed by atoms with Crippen molar-refractivity contribution in [3.8, 4) is 12.0 Å². The molecule has 3 heterocycles. The van der Waals surface area contributed by atoms with Crippen LogP contribution in [0.2, 0.25) is 0 Å². The molecule has 1 aromatic carbocycles. The Labute approximate surface area is 168 Å². The van der Waals surface area contributed by atoms with E-state index in [1.165, 1.54) is 0 Å². The standard InChI is InChI=1S/C17H17IN8O/c1-11(18)19-15-9-5-6-12(20-15)10-27-17-21-13-7-3-4-8-14(13)26(17)16-22-23-24-25(16)2/h3-9,11H,10H2,1-2H3,(H,19,20). The highest BCUT2D eigenvalue weighted by Gasteiger charge is 2.18. The minimum atomic E-state index is 0.277. The van der Waals surface area contributed by atoms with Crippen LogP contribution in [0.25, 0.3) is 17.0 Å². The average molecular weight is 476 g/mol. The number of para-hydroxylation sites is 2. The van der Waals surface area contributed by atoms with Crippen molar-refractivity contribution in [2.45, 2.75) is 17.6 Å². The monoisotopic (exact) mass is 476 g/mol. The van der Waals surface area contributed by atoms with Crippen LogP contribution in [0.3, 0.4) is 0 Å². The van der Waals surface area contributed by atoms with Crippen LogP contribution in [0.5, 0.6) is 6.01 Å². The van der Waals surface area contributed by atoms with Crippen LogP contribution in [0, 0.1) is 0 Å². The quantitative estimate of drug-likeness (QED) is 0.260. The van der Waals surface area contributed by atoms with Crippen molar-refractivity contribution >= 4 is 39.4 Å². The first-order valence-corrected chi connectivity index (χ1v) is 9.56. The first kappa shape index (κ1) is 17.6. The van der Waals surface area contributed by atoms with Crippen molar-refractivity contribution in [3.63, 3.8) is 0 Å². The number of pyridine rings is 1. The zero-order valence-electron chi connectivity index (χ0n) is 14.7. The smallest absolute Gasteiger partial charge is 0.305 e. The Hall–Kier alpha value is -2.76. The molecule has 0 aliphatic rings. The molecule has 0 aliphatic heterocycles. The molecule has 1 N–H and O–H groups in total.